The van der Waals surface area contributed by atoms with E-state index in [1.54, 1.807) is 0 Å². The molecule has 0 bridgehead atoms. The maximum absolute atomic E-state index is 10.7. The summed E-state index contributed by atoms with van der Waals surface area (Å²) in [7, 11) is 0. The zero-order valence-electron chi connectivity index (χ0n) is 17.2. The van der Waals surface area contributed by atoms with Gasteiger partial charge in [-0.3, -0.25) is 0 Å². The second-order valence-electron chi connectivity index (χ2n) is 8.25. The van der Waals surface area contributed by atoms with Gasteiger partial charge in [0.2, 0.25) is 0 Å². The largest absolute Gasteiger partial charge is 0.491 e. The summed E-state index contributed by atoms with van der Waals surface area (Å²) >= 11 is 6.69. The average molecular weight is 465 g/mol. The normalized spacial score (nSPS) is 28.8. The Morgan fingerprint density at radius 1 is 0.906 bits per heavy atom. The summed E-state index contributed by atoms with van der Waals surface area (Å²) in [6, 6.07) is 7.55. The monoisotopic (exact) mass is 464 g/mol. The highest BCUT2D eigenvalue weighted by Gasteiger charge is 2.45. The first-order valence-electron chi connectivity index (χ1n) is 10.6. The number of halogens is 1. The third-order valence-electron chi connectivity index (χ3n) is 6.23. The molecule has 0 aromatic heterocycles. The molecule has 9 heteroatoms. The zero-order chi connectivity index (χ0) is 22.4. The summed E-state index contributed by atoms with van der Waals surface area (Å²) in [6.07, 6.45) is -5.15. The first-order valence-corrected chi connectivity index (χ1v) is 11.0. The Balaban J connectivity index is 1.52. The Labute approximate surface area is 189 Å². The zero-order valence-corrected chi connectivity index (χ0v) is 18.0. The van der Waals surface area contributed by atoms with Gasteiger partial charge >= 0.3 is 0 Å². The molecule has 0 radical (unpaired) electrons. The molecule has 1 saturated heterocycles. The van der Waals surface area contributed by atoms with Crippen molar-refractivity contribution in [3.05, 3.63) is 51.5 Å². The number of hydrogen-bond acceptors (Lipinski definition) is 8. The quantitative estimate of drug-likeness (QED) is 0.532. The van der Waals surface area contributed by atoms with Crippen molar-refractivity contribution in [2.24, 2.45) is 0 Å². The number of ether oxygens (including phenoxy) is 4. The van der Waals surface area contributed by atoms with Crippen LogP contribution in [0.1, 0.15) is 28.4 Å². The van der Waals surface area contributed by atoms with E-state index in [1.165, 1.54) is 0 Å². The number of benzene rings is 2. The van der Waals surface area contributed by atoms with Gasteiger partial charge in [0.25, 0.3) is 0 Å². The maximum Gasteiger partial charge on any atom is 0.161 e. The molecule has 32 heavy (non-hydrogen) atoms. The van der Waals surface area contributed by atoms with Crippen molar-refractivity contribution in [2.45, 2.75) is 43.4 Å². The van der Waals surface area contributed by atoms with Crippen LogP contribution in [0.3, 0.4) is 0 Å². The molecule has 172 valence electrons. The Morgan fingerprint density at radius 3 is 2.47 bits per heavy atom. The van der Waals surface area contributed by atoms with E-state index >= 15 is 0 Å². The van der Waals surface area contributed by atoms with Gasteiger partial charge in [0.05, 0.1) is 18.2 Å². The van der Waals surface area contributed by atoms with Gasteiger partial charge in [-0.05, 0) is 35.2 Å². The highest BCUT2D eigenvalue weighted by Crippen LogP contribution is 2.45. The van der Waals surface area contributed by atoms with Crippen molar-refractivity contribution in [1.82, 2.24) is 0 Å². The molecular formula is C23H25ClO8. The molecule has 5 atom stereocenters. The van der Waals surface area contributed by atoms with Gasteiger partial charge in [-0.2, -0.15) is 0 Å². The molecule has 1 fully saturated rings. The van der Waals surface area contributed by atoms with Gasteiger partial charge in [0.1, 0.15) is 49.5 Å². The molecule has 2 aromatic rings. The highest BCUT2D eigenvalue weighted by atomic mass is 35.5. The number of aliphatic hydroxyl groups excluding tert-OH is 4. The van der Waals surface area contributed by atoms with Gasteiger partial charge in [-0.15, -0.1) is 0 Å². The van der Waals surface area contributed by atoms with E-state index in [9.17, 15) is 20.4 Å². The smallest absolute Gasteiger partial charge is 0.161 e. The van der Waals surface area contributed by atoms with E-state index < -0.39 is 37.1 Å². The molecule has 0 saturated carbocycles. The van der Waals surface area contributed by atoms with Crippen molar-refractivity contribution < 1.29 is 39.4 Å². The lowest BCUT2D eigenvalue weighted by molar-refractivity contribution is -0.231. The van der Waals surface area contributed by atoms with Gasteiger partial charge < -0.3 is 39.4 Å². The molecule has 1 unspecified atom stereocenters. The molecule has 3 aliphatic rings. The van der Waals surface area contributed by atoms with E-state index in [4.69, 9.17) is 30.5 Å². The van der Waals surface area contributed by atoms with Crippen LogP contribution in [0.5, 0.6) is 17.2 Å². The van der Waals surface area contributed by atoms with Crippen LogP contribution in [0.2, 0.25) is 5.02 Å². The second-order valence-corrected chi connectivity index (χ2v) is 8.63. The summed E-state index contributed by atoms with van der Waals surface area (Å²) in [5, 5.41) is 41.1. The topological polar surface area (TPSA) is 118 Å². The van der Waals surface area contributed by atoms with Gasteiger partial charge in [0.15, 0.2) is 11.5 Å². The standard InChI is InChI=1S/C23H25ClO8/c24-18-12(7-11-1-2-15-16(8-11)30-6-5-29-15)9-14(13-3-4-31-22(13)18)23-21(28)20(27)19(26)17(10-25)32-23/h1-2,8-9,17,19-21,23,25-28H,3-7,10H2/t17-,19?,20+,21-,23+/m1/s1. The lowest BCUT2D eigenvalue weighted by Gasteiger charge is -2.40. The van der Waals surface area contributed by atoms with E-state index in [0.29, 0.717) is 60.5 Å². The lowest BCUT2D eigenvalue weighted by Crippen LogP contribution is -2.55. The third-order valence-corrected chi connectivity index (χ3v) is 6.65. The van der Waals surface area contributed by atoms with Gasteiger partial charge in [-0.25, -0.2) is 0 Å². The number of aliphatic hydroxyl groups is 4. The van der Waals surface area contributed by atoms with Crippen molar-refractivity contribution in [2.75, 3.05) is 26.4 Å². The fourth-order valence-corrected chi connectivity index (χ4v) is 4.86. The molecular weight excluding hydrogens is 440 g/mol. The molecule has 0 aliphatic carbocycles. The Hall–Kier alpha value is -2.07. The number of rotatable bonds is 4. The third kappa shape index (κ3) is 3.71. The van der Waals surface area contributed by atoms with Crippen LogP contribution in [0.15, 0.2) is 24.3 Å². The second kappa shape index (κ2) is 8.70. The van der Waals surface area contributed by atoms with E-state index in [1.807, 2.05) is 24.3 Å². The van der Waals surface area contributed by atoms with Crippen LogP contribution in [-0.2, 0) is 17.6 Å². The van der Waals surface area contributed by atoms with E-state index in [2.05, 4.69) is 0 Å². The van der Waals surface area contributed by atoms with Crippen molar-refractivity contribution >= 4 is 11.6 Å². The maximum atomic E-state index is 10.7. The van der Waals surface area contributed by atoms with Gasteiger partial charge in [0, 0.05) is 12.0 Å². The molecule has 2 aromatic carbocycles. The Morgan fingerprint density at radius 2 is 1.69 bits per heavy atom. The van der Waals surface area contributed by atoms with Crippen LogP contribution in [0.4, 0.5) is 0 Å². The molecule has 4 N–H and O–H groups in total. The Kier molecular flexibility index (Phi) is 5.92. The molecule has 8 nitrogen and oxygen atoms in total. The number of fused-ring (bicyclic) bond motifs is 2. The molecule has 5 rings (SSSR count). The minimum absolute atomic E-state index is 0.437. The predicted octanol–water partition coefficient (Wildman–Crippen LogP) is 1.15. The predicted molar refractivity (Wildman–Crippen MR) is 114 cm³/mol. The van der Waals surface area contributed by atoms with Crippen LogP contribution in [0, 0.1) is 0 Å². The summed E-state index contributed by atoms with van der Waals surface area (Å²) in [5.41, 5.74) is 3.14. The first kappa shape index (κ1) is 21.8. The van der Waals surface area contributed by atoms with E-state index in [0.717, 1.165) is 16.7 Å². The minimum Gasteiger partial charge on any atom is -0.491 e. The molecule has 3 heterocycles. The summed E-state index contributed by atoms with van der Waals surface area (Å²) < 4.78 is 22.9. The van der Waals surface area contributed by atoms with Crippen molar-refractivity contribution in [3.8, 4) is 17.2 Å². The van der Waals surface area contributed by atoms with Crippen LogP contribution in [0.25, 0.3) is 0 Å². The van der Waals surface area contributed by atoms with Gasteiger partial charge in [-0.1, -0.05) is 23.7 Å². The number of hydrogen-bond donors (Lipinski definition) is 4. The summed E-state index contributed by atoms with van der Waals surface area (Å²) in [6.45, 7) is 0.957. The van der Waals surface area contributed by atoms with E-state index in [-0.39, 0.29) is 0 Å². The summed E-state index contributed by atoms with van der Waals surface area (Å²) in [4.78, 5) is 0. The van der Waals surface area contributed by atoms with Crippen molar-refractivity contribution in [3.63, 3.8) is 0 Å². The summed E-state index contributed by atoms with van der Waals surface area (Å²) in [5.74, 6) is 1.91. The first-order chi connectivity index (χ1) is 15.5. The SMILES string of the molecule is OC[C@H]1O[C@@H](c2cc(Cc3ccc4c(c3)OCCO4)c(Cl)c3c2CCO3)[C@H](O)[C@@H](O)C1O. The minimum atomic E-state index is -1.46. The van der Waals surface area contributed by atoms with Crippen LogP contribution >= 0.6 is 11.6 Å². The Bertz CT molecular complexity index is 1010. The average Bonchev–Trinajstić information content (AvgIpc) is 3.30. The van der Waals surface area contributed by atoms with Crippen LogP contribution < -0.4 is 14.2 Å². The fraction of sp³-hybridized carbons (Fsp3) is 0.478. The highest BCUT2D eigenvalue weighted by molar-refractivity contribution is 6.33. The van der Waals surface area contributed by atoms with Crippen molar-refractivity contribution in [1.29, 1.82) is 0 Å². The lowest BCUT2D eigenvalue weighted by atomic mass is 9.87. The fourth-order valence-electron chi connectivity index (χ4n) is 4.57. The molecule has 0 spiro atoms. The molecule has 3 aliphatic heterocycles. The molecule has 0 amide bonds. The van der Waals surface area contributed by atoms with Crippen LogP contribution in [-0.4, -0.2) is 71.3 Å².